The minimum absolute atomic E-state index is 0.109. The molecule has 2 radical (unpaired) electrons. The fourth-order valence-electron chi connectivity index (χ4n) is 0.433. The molecule has 9 heavy (non-hydrogen) atoms. The molecule has 1 rings (SSSR count). The van der Waals surface area contributed by atoms with Crippen molar-refractivity contribution in [3.63, 3.8) is 0 Å². The molecule has 1 aromatic rings. The molecule has 0 aliphatic heterocycles. The molecule has 0 saturated carbocycles. The van der Waals surface area contributed by atoms with Crippen LogP contribution >= 0.6 is 0 Å². The van der Waals surface area contributed by atoms with E-state index < -0.39 is 5.97 Å². The van der Waals surface area contributed by atoms with Gasteiger partial charge in [-0.3, -0.25) is 0 Å². The maximum atomic E-state index is 10.4. The highest BCUT2D eigenvalue weighted by atomic mass is 16.5. The van der Waals surface area contributed by atoms with Crippen molar-refractivity contribution in [3.05, 3.63) is 25.3 Å². The third-order valence-corrected chi connectivity index (χ3v) is 0.799. The molecular weight excluding hydrogens is 120 g/mol. The maximum Gasteiger partial charge on any atom is 0.374 e. The van der Waals surface area contributed by atoms with Gasteiger partial charge in [0.05, 0.1) is 0 Å². The molecule has 1 aromatic heterocycles. The van der Waals surface area contributed by atoms with Crippen LogP contribution < -0.4 is 0 Å². The average molecular weight is 124 g/mol. The highest BCUT2D eigenvalue weighted by Crippen LogP contribution is 1.89. The third-order valence-electron chi connectivity index (χ3n) is 0.799. The Morgan fingerprint density at radius 1 is 1.89 bits per heavy atom. The van der Waals surface area contributed by atoms with E-state index in [0.717, 1.165) is 0 Å². The van der Waals surface area contributed by atoms with Crippen LogP contribution in [-0.4, -0.2) is 15.9 Å². The predicted octanol–water partition coefficient (Wildman–Crippen LogP) is 0.235. The van der Waals surface area contributed by atoms with E-state index in [2.05, 4.69) is 21.8 Å². The second-order valence-electron chi connectivity index (χ2n) is 1.34. The Morgan fingerprint density at radius 3 is 3.11 bits per heavy atom. The first-order valence-corrected chi connectivity index (χ1v) is 2.25. The molecule has 0 fully saturated rings. The summed E-state index contributed by atoms with van der Waals surface area (Å²) in [6.07, 6.45) is 2.94. The van der Waals surface area contributed by atoms with E-state index in [1.165, 1.54) is 12.4 Å². The molecule has 0 aliphatic rings. The predicted molar refractivity (Wildman–Crippen MR) is 28.3 cm³/mol. The number of hydrogen-bond donors (Lipinski definition) is 1. The first-order chi connectivity index (χ1) is 4.34. The molecule has 0 atom stereocenters. The van der Waals surface area contributed by atoms with Crippen LogP contribution in [0.25, 0.3) is 0 Å². The molecule has 1 heterocycles. The number of rotatable bonds is 1. The van der Waals surface area contributed by atoms with Crippen molar-refractivity contribution in [2.45, 2.75) is 0 Å². The first kappa shape index (κ1) is 5.81. The van der Waals surface area contributed by atoms with E-state index in [-0.39, 0.29) is 5.82 Å². The summed E-state index contributed by atoms with van der Waals surface area (Å²) in [5, 5.41) is 0. The Kier molecular flexibility index (Phi) is 1.48. The van der Waals surface area contributed by atoms with Crippen molar-refractivity contribution < 1.29 is 9.53 Å². The molecule has 0 bridgehead atoms. The quantitative estimate of drug-likeness (QED) is 0.545. The van der Waals surface area contributed by atoms with E-state index in [9.17, 15) is 4.79 Å². The lowest BCUT2D eigenvalue weighted by Crippen LogP contribution is -2.01. The van der Waals surface area contributed by atoms with Gasteiger partial charge >= 0.3 is 5.97 Å². The summed E-state index contributed by atoms with van der Waals surface area (Å²) in [4.78, 5) is 16.5. The molecule has 0 aromatic carbocycles. The van der Waals surface area contributed by atoms with Crippen molar-refractivity contribution in [3.8, 4) is 0 Å². The van der Waals surface area contributed by atoms with Gasteiger partial charge in [-0.15, -0.1) is 0 Å². The highest BCUT2D eigenvalue weighted by molar-refractivity contribution is 5.85. The summed E-state index contributed by atoms with van der Waals surface area (Å²) in [5.41, 5.74) is 0. The van der Waals surface area contributed by atoms with Crippen LogP contribution in [0.2, 0.25) is 0 Å². The van der Waals surface area contributed by atoms with Gasteiger partial charge in [0.25, 0.3) is 0 Å². The van der Waals surface area contributed by atoms with Crippen LogP contribution in [0.1, 0.15) is 10.6 Å². The number of hydrogen-bond acceptors (Lipinski definition) is 3. The van der Waals surface area contributed by atoms with Crippen molar-refractivity contribution in [1.29, 1.82) is 0 Å². The first-order valence-electron chi connectivity index (χ1n) is 2.25. The smallest absolute Gasteiger partial charge is 0.374 e. The minimum Gasteiger partial charge on any atom is -0.448 e. The second-order valence-corrected chi connectivity index (χ2v) is 1.34. The van der Waals surface area contributed by atoms with Gasteiger partial charge in [0, 0.05) is 12.4 Å². The van der Waals surface area contributed by atoms with Crippen molar-refractivity contribution in [1.82, 2.24) is 9.97 Å². The maximum absolute atomic E-state index is 10.4. The van der Waals surface area contributed by atoms with Gasteiger partial charge in [0.1, 0.15) is 0 Å². The zero-order valence-electron chi connectivity index (χ0n) is 4.50. The topological polar surface area (TPSA) is 55.0 Å². The number of aromatic nitrogens is 2. The van der Waals surface area contributed by atoms with E-state index in [1.807, 2.05) is 0 Å². The van der Waals surface area contributed by atoms with Gasteiger partial charge < -0.3 is 9.72 Å². The third kappa shape index (κ3) is 1.07. The monoisotopic (exact) mass is 124 g/mol. The number of nitrogens with zero attached hydrogens (tertiary/aromatic N) is 1. The van der Waals surface area contributed by atoms with E-state index in [1.54, 1.807) is 0 Å². The molecule has 4 heteroatoms. The van der Waals surface area contributed by atoms with Crippen LogP contribution in [0.4, 0.5) is 0 Å². The number of imidazole rings is 1. The van der Waals surface area contributed by atoms with E-state index >= 15 is 0 Å². The van der Waals surface area contributed by atoms with Crippen LogP contribution in [0.15, 0.2) is 12.4 Å². The SMILES string of the molecule is [CH]OC(=O)c1ncc[nH]1. The molecule has 46 valence electrons. The van der Waals surface area contributed by atoms with Crippen molar-refractivity contribution >= 4 is 5.97 Å². The fraction of sp³-hybridized carbons (Fsp3) is 0. The number of esters is 1. The number of carbonyl (C=O) groups excluding carboxylic acids is 1. The van der Waals surface area contributed by atoms with E-state index in [4.69, 9.17) is 0 Å². The normalized spacial score (nSPS) is 9.00. The Labute approximate surface area is 51.9 Å². The number of nitrogens with one attached hydrogen (secondary N) is 1. The molecule has 4 nitrogen and oxygen atoms in total. The zero-order chi connectivity index (χ0) is 6.69. The molecule has 0 saturated heterocycles. The minimum atomic E-state index is -0.667. The van der Waals surface area contributed by atoms with Gasteiger partial charge in [0.15, 0.2) is 7.11 Å². The molecule has 1 N–H and O–H groups in total. The Morgan fingerprint density at radius 2 is 2.67 bits per heavy atom. The molecule has 0 unspecified atom stereocenters. The number of carbonyl (C=O) groups is 1. The van der Waals surface area contributed by atoms with Gasteiger partial charge in [0.2, 0.25) is 5.82 Å². The summed E-state index contributed by atoms with van der Waals surface area (Å²) in [6.45, 7) is 0. The van der Waals surface area contributed by atoms with Crippen molar-refractivity contribution in [2.75, 3.05) is 0 Å². The van der Waals surface area contributed by atoms with Crippen LogP contribution in [0.5, 0.6) is 0 Å². The van der Waals surface area contributed by atoms with Crippen LogP contribution in [0.3, 0.4) is 0 Å². The summed E-state index contributed by atoms with van der Waals surface area (Å²) >= 11 is 0. The number of aromatic amines is 1. The standard InChI is InChI=1S/C5H4N2O2/c1-9-5(8)4-6-2-3-7-4/h1-3H,(H,6,7). The van der Waals surface area contributed by atoms with E-state index in [0.29, 0.717) is 0 Å². The second kappa shape index (κ2) is 2.30. The summed E-state index contributed by atoms with van der Waals surface area (Å²) in [7, 11) is 4.55. The lowest BCUT2D eigenvalue weighted by atomic mass is 10.6. The summed E-state index contributed by atoms with van der Waals surface area (Å²) < 4.78 is 3.86. The lowest BCUT2D eigenvalue weighted by Gasteiger charge is -1.88. The van der Waals surface area contributed by atoms with Gasteiger partial charge in [-0.25, -0.2) is 9.78 Å². The Balaban J connectivity index is 2.77. The number of H-pyrrole nitrogens is 1. The average Bonchev–Trinajstić information content (AvgIpc) is 2.37. The van der Waals surface area contributed by atoms with Gasteiger partial charge in [-0.05, 0) is 0 Å². The highest BCUT2D eigenvalue weighted by Gasteiger charge is 2.05. The Hall–Kier alpha value is -1.32. The molecule has 0 amide bonds. The summed E-state index contributed by atoms with van der Waals surface area (Å²) in [6, 6.07) is 0. The van der Waals surface area contributed by atoms with Crippen LogP contribution in [-0.2, 0) is 4.74 Å². The molecular formula is C5H4N2O2. The van der Waals surface area contributed by atoms with Gasteiger partial charge in [-0.2, -0.15) is 0 Å². The lowest BCUT2D eigenvalue weighted by molar-refractivity contribution is 0.0641. The number of ether oxygens (including phenoxy) is 1. The fourth-order valence-corrected chi connectivity index (χ4v) is 0.433. The van der Waals surface area contributed by atoms with Crippen molar-refractivity contribution in [2.24, 2.45) is 0 Å². The summed E-state index contributed by atoms with van der Waals surface area (Å²) in [5.74, 6) is -0.558. The zero-order valence-corrected chi connectivity index (χ0v) is 4.50. The Bertz CT molecular complexity index is 193. The molecule has 0 spiro atoms. The van der Waals surface area contributed by atoms with Gasteiger partial charge in [-0.1, -0.05) is 0 Å². The largest absolute Gasteiger partial charge is 0.448 e. The van der Waals surface area contributed by atoms with Crippen LogP contribution in [0, 0.1) is 7.11 Å². The molecule has 0 aliphatic carbocycles.